The van der Waals surface area contributed by atoms with E-state index in [0.717, 1.165) is 11.1 Å². The number of aryl methyl sites for hydroxylation is 1. The van der Waals surface area contributed by atoms with E-state index in [9.17, 15) is 4.79 Å². The molecule has 1 heterocycles. The zero-order chi connectivity index (χ0) is 8.72. The molecule has 0 amide bonds. The molecular formula is C10H8O2. The molecule has 0 unspecified atom stereocenters. The molecule has 0 bridgehead atoms. The van der Waals surface area contributed by atoms with Crippen molar-refractivity contribution in [2.75, 3.05) is 0 Å². The molecule has 0 atom stereocenters. The highest BCUT2D eigenvalue weighted by Gasteiger charge is 2.24. The summed E-state index contributed by atoms with van der Waals surface area (Å²) in [6, 6.07) is 5.61. The van der Waals surface area contributed by atoms with Crippen LogP contribution in [0.2, 0.25) is 0 Å². The fourth-order valence-electron chi connectivity index (χ4n) is 1.24. The lowest BCUT2D eigenvalue weighted by Gasteiger charge is -1.96. The molecule has 1 aliphatic heterocycles. The molecule has 12 heavy (non-hydrogen) atoms. The minimum atomic E-state index is -0.337. The number of carbonyl (C=O) groups excluding carboxylic acids is 1. The number of rotatable bonds is 0. The summed E-state index contributed by atoms with van der Waals surface area (Å²) in [5.41, 5.74) is 2.38. The molecular weight excluding hydrogens is 152 g/mol. The summed E-state index contributed by atoms with van der Waals surface area (Å²) in [5.74, 6) is 0.284. The van der Waals surface area contributed by atoms with Crippen LogP contribution in [-0.4, -0.2) is 5.97 Å². The van der Waals surface area contributed by atoms with Crippen LogP contribution in [0, 0.1) is 6.92 Å². The predicted octanol–water partition coefficient (Wildman–Crippen LogP) is 1.93. The molecule has 1 aliphatic rings. The van der Waals surface area contributed by atoms with Gasteiger partial charge in [0, 0.05) is 5.56 Å². The topological polar surface area (TPSA) is 26.3 Å². The number of esters is 1. The molecule has 2 heteroatoms. The van der Waals surface area contributed by atoms with Gasteiger partial charge in [0.05, 0.1) is 5.57 Å². The van der Waals surface area contributed by atoms with Crippen molar-refractivity contribution >= 4 is 11.5 Å². The van der Waals surface area contributed by atoms with Crippen LogP contribution in [0.25, 0.3) is 5.57 Å². The number of ether oxygens (including phenoxy) is 1. The third-order valence-electron chi connectivity index (χ3n) is 1.91. The summed E-state index contributed by atoms with van der Waals surface area (Å²) in [6.45, 7) is 5.61. The van der Waals surface area contributed by atoms with Gasteiger partial charge in [0.25, 0.3) is 0 Å². The van der Waals surface area contributed by atoms with Gasteiger partial charge in [0.15, 0.2) is 0 Å². The zero-order valence-corrected chi connectivity index (χ0v) is 6.76. The Balaban J connectivity index is 2.63. The molecule has 0 radical (unpaired) electrons. The van der Waals surface area contributed by atoms with Crippen LogP contribution < -0.4 is 4.74 Å². The normalized spacial score (nSPS) is 14.4. The van der Waals surface area contributed by atoms with E-state index in [-0.39, 0.29) is 5.97 Å². The molecule has 0 N–H and O–H groups in total. The van der Waals surface area contributed by atoms with E-state index in [1.807, 2.05) is 19.1 Å². The standard InChI is InChI=1S/C10H8O2/c1-6-3-4-9-8(5-6)7(2)10(11)12-9/h3-5H,2H2,1H3. The van der Waals surface area contributed by atoms with Crippen LogP contribution in [0.4, 0.5) is 0 Å². The molecule has 2 nitrogen and oxygen atoms in total. The van der Waals surface area contributed by atoms with Gasteiger partial charge in [0.1, 0.15) is 5.75 Å². The molecule has 1 aromatic carbocycles. The van der Waals surface area contributed by atoms with E-state index in [2.05, 4.69) is 6.58 Å². The van der Waals surface area contributed by atoms with Crippen LogP contribution >= 0.6 is 0 Å². The molecule has 0 fully saturated rings. The van der Waals surface area contributed by atoms with Gasteiger partial charge in [-0.3, -0.25) is 0 Å². The van der Waals surface area contributed by atoms with Crippen molar-refractivity contribution in [1.29, 1.82) is 0 Å². The number of hydrogen-bond acceptors (Lipinski definition) is 2. The van der Waals surface area contributed by atoms with E-state index < -0.39 is 0 Å². The number of benzene rings is 1. The highest BCUT2D eigenvalue weighted by atomic mass is 16.5. The van der Waals surface area contributed by atoms with Crippen molar-refractivity contribution in [3.05, 3.63) is 35.9 Å². The Morgan fingerprint density at radius 2 is 2.17 bits per heavy atom. The number of hydrogen-bond donors (Lipinski definition) is 0. The SMILES string of the molecule is C=C1C(=O)Oc2ccc(C)cc21. The minimum absolute atomic E-state index is 0.337. The van der Waals surface area contributed by atoms with Crippen molar-refractivity contribution < 1.29 is 9.53 Å². The second kappa shape index (κ2) is 2.21. The fourth-order valence-corrected chi connectivity index (χ4v) is 1.24. The van der Waals surface area contributed by atoms with Crippen molar-refractivity contribution in [2.24, 2.45) is 0 Å². The predicted molar refractivity (Wildman–Crippen MR) is 45.8 cm³/mol. The van der Waals surface area contributed by atoms with Crippen molar-refractivity contribution in [1.82, 2.24) is 0 Å². The molecule has 0 aliphatic carbocycles. The third-order valence-corrected chi connectivity index (χ3v) is 1.91. The monoisotopic (exact) mass is 160 g/mol. The first-order valence-corrected chi connectivity index (χ1v) is 3.70. The Labute approximate surface area is 70.5 Å². The molecule has 60 valence electrons. The van der Waals surface area contributed by atoms with Gasteiger partial charge in [-0.15, -0.1) is 0 Å². The highest BCUT2D eigenvalue weighted by Crippen LogP contribution is 2.33. The first kappa shape index (κ1) is 7.10. The van der Waals surface area contributed by atoms with E-state index in [4.69, 9.17) is 4.74 Å². The zero-order valence-electron chi connectivity index (χ0n) is 6.76. The first-order valence-electron chi connectivity index (χ1n) is 3.70. The fraction of sp³-hybridized carbons (Fsp3) is 0.100. The van der Waals surface area contributed by atoms with Gasteiger partial charge >= 0.3 is 5.97 Å². The van der Waals surface area contributed by atoms with Crippen LogP contribution in [0.5, 0.6) is 5.75 Å². The summed E-state index contributed by atoms with van der Waals surface area (Å²) in [6.07, 6.45) is 0. The Hall–Kier alpha value is -1.57. The Morgan fingerprint density at radius 3 is 2.92 bits per heavy atom. The van der Waals surface area contributed by atoms with Crippen LogP contribution in [-0.2, 0) is 4.79 Å². The van der Waals surface area contributed by atoms with Gasteiger partial charge in [-0.05, 0) is 19.1 Å². The quantitative estimate of drug-likeness (QED) is 0.329. The van der Waals surface area contributed by atoms with E-state index >= 15 is 0 Å². The van der Waals surface area contributed by atoms with E-state index in [0.29, 0.717) is 11.3 Å². The minimum Gasteiger partial charge on any atom is -0.422 e. The average Bonchev–Trinajstić information content (AvgIpc) is 2.31. The second-order valence-corrected chi connectivity index (χ2v) is 2.87. The largest absolute Gasteiger partial charge is 0.422 e. The van der Waals surface area contributed by atoms with Gasteiger partial charge in [-0.25, -0.2) is 4.79 Å². The molecule has 0 aromatic heterocycles. The maximum absolute atomic E-state index is 11.0. The van der Waals surface area contributed by atoms with Crippen LogP contribution in [0.3, 0.4) is 0 Å². The van der Waals surface area contributed by atoms with Crippen molar-refractivity contribution in [3.8, 4) is 5.75 Å². The first-order chi connectivity index (χ1) is 5.68. The molecule has 0 saturated carbocycles. The Bertz CT molecular complexity index is 377. The summed E-state index contributed by atoms with van der Waals surface area (Å²) in [4.78, 5) is 11.0. The average molecular weight is 160 g/mol. The van der Waals surface area contributed by atoms with Gasteiger partial charge < -0.3 is 4.74 Å². The third kappa shape index (κ3) is 0.848. The Morgan fingerprint density at radius 1 is 1.42 bits per heavy atom. The highest BCUT2D eigenvalue weighted by molar-refractivity contribution is 6.20. The molecule has 0 saturated heterocycles. The van der Waals surface area contributed by atoms with Gasteiger partial charge in [-0.1, -0.05) is 18.2 Å². The summed E-state index contributed by atoms with van der Waals surface area (Å²) < 4.78 is 4.94. The van der Waals surface area contributed by atoms with Gasteiger partial charge in [0.2, 0.25) is 0 Å². The lowest BCUT2D eigenvalue weighted by molar-refractivity contribution is -0.126. The molecule has 2 rings (SSSR count). The van der Waals surface area contributed by atoms with E-state index in [1.165, 1.54) is 0 Å². The summed E-state index contributed by atoms with van der Waals surface area (Å²) in [7, 11) is 0. The maximum Gasteiger partial charge on any atom is 0.343 e. The van der Waals surface area contributed by atoms with Crippen molar-refractivity contribution in [2.45, 2.75) is 6.92 Å². The van der Waals surface area contributed by atoms with Crippen LogP contribution in [0.1, 0.15) is 11.1 Å². The summed E-state index contributed by atoms with van der Waals surface area (Å²) in [5, 5.41) is 0. The lowest BCUT2D eigenvalue weighted by atomic mass is 10.1. The van der Waals surface area contributed by atoms with Crippen molar-refractivity contribution in [3.63, 3.8) is 0 Å². The lowest BCUT2D eigenvalue weighted by Crippen LogP contribution is -1.98. The molecule has 0 spiro atoms. The van der Waals surface area contributed by atoms with Gasteiger partial charge in [-0.2, -0.15) is 0 Å². The molecule has 1 aromatic rings. The Kier molecular flexibility index (Phi) is 1.30. The maximum atomic E-state index is 11.0. The van der Waals surface area contributed by atoms with E-state index in [1.54, 1.807) is 6.07 Å². The number of carbonyl (C=O) groups is 1. The number of fused-ring (bicyclic) bond motifs is 1. The van der Waals surface area contributed by atoms with Crippen LogP contribution in [0.15, 0.2) is 24.8 Å². The second-order valence-electron chi connectivity index (χ2n) is 2.87. The summed E-state index contributed by atoms with van der Waals surface area (Å²) >= 11 is 0. The smallest absolute Gasteiger partial charge is 0.343 e.